The van der Waals surface area contributed by atoms with Crippen LogP contribution < -0.4 is 10.2 Å². The number of fused-ring (bicyclic) bond motifs is 3. The van der Waals surface area contributed by atoms with Crippen LogP contribution in [0.1, 0.15) is 36.8 Å². The molecular weight excluding hydrogens is 414 g/mol. The Morgan fingerprint density at radius 1 is 1.09 bits per heavy atom. The number of anilines is 1. The van der Waals surface area contributed by atoms with Crippen LogP contribution in [0.3, 0.4) is 0 Å². The number of nitriles is 1. The Kier molecular flexibility index (Phi) is 4.95. The lowest BCUT2D eigenvalue weighted by molar-refractivity contribution is -0.0813. The second-order valence-electron chi connectivity index (χ2n) is 10.3. The van der Waals surface area contributed by atoms with Crippen molar-refractivity contribution >= 4 is 12.0 Å². The molecule has 1 aromatic heterocycles. The molecular formula is C25H29N7O. The van der Waals surface area contributed by atoms with Gasteiger partial charge >= 0.3 is 6.03 Å². The van der Waals surface area contributed by atoms with Crippen molar-refractivity contribution in [2.45, 2.75) is 50.4 Å². The van der Waals surface area contributed by atoms with E-state index in [0.29, 0.717) is 29.5 Å². The van der Waals surface area contributed by atoms with Gasteiger partial charge in [-0.15, -0.1) is 0 Å². The van der Waals surface area contributed by atoms with Gasteiger partial charge in [-0.1, -0.05) is 30.3 Å². The number of carbonyl (C=O) groups excluding carboxylic acids is 1. The van der Waals surface area contributed by atoms with E-state index in [1.165, 1.54) is 5.56 Å². The minimum Gasteiger partial charge on any atom is -0.335 e. The summed E-state index contributed by atoms with van der Waals surface area (Å²) in [7, 11) is 0. The van der Waals surface area contributed by atoms with Crippen molar-refractivity contribution in [1.82, 2.24) is 25.1 Å². The molecule has 5 aliphatic rings. The van der Waals surface area contributed by atoms with Crippen molar-refractivity contribution in [3.63, 3.8) is 0 Å². The summed E-state index contributed by atoms with van der Waals surface area (Å²) in [6, 6.07) is 13.5. The van der Waals surface area contributed by atoms with Crippen LogP contribution in [0.25, 0.3) is 0 Å². The molecule has 8 nitrogen and oxygen atoms in total. The molecule has 1 spiro atoms. The minimum absolute atomic E-state index is 0.0883. The molecule has 0 radical (unpaired) electrons. The van der Waals surface area contributed by atoms with E-state index in [1.54, 1.807) is 12.4 Å². The van der Waals surface area contributed by atoms with Gasteiger partial charge in [-0.05, 0) is 36.7 Å². The summed E-state index contributed by atoms with van der Waals surface area (Å²) in [5.41, 5.74) is 2.25. The molecule has 170 valence electrons. The first-order valence-electron chi connectivity index (χ1n) is 11.9. The summed E-state index contributed by atoms with van der Waals surface area (Å²) in [6.45, 7) is 4.77. The molecule has 7 rings (SSSR count). The third-order valence-electron chi connectivity index (χ3n) is 7.87. The molecule has 8 heteroatoms. The van der Waals surface area contributed by atoms with Gasteiger partial charge in [0.2, 0.25) is 5.95 Å². The van der Waals surface area contributed by atoms with Crippen LogP contribution in [0.5, 0.6) is 0 Å². The molecule has 5 heterocycles. The Labute approximate surface area is 194 Å². The van der Waals surface area contributed by atoms with Gasteiger partial charge in [0.25, 0.3) is 0 Å². The lowest BCUT2D eigenvalue weighted by Gasteiger charge is -2.59. The molecule has 4 aliphatic heterocycles. The molecule has 2 aromatic rings. The number of nitrogens with one attached hydrogen (secondary N) is 1. The fourth-order valence-corrected chi connectivity index (χ4v) is 6.31. The second kappa shape index (κ2) is 7.99. The number of likely N-dealkylation sites (tertiary alicyclic amines) is 1. The smallest absolute Gasteiger partial charge is 0.317 e. The molecule has 33 heavy (non-hydrogen) atoms. The van der Waals surface area contributed by atoms with Crippen LogP contribution in [0, 0.1) is 16.7 Å². The van der Waals surface area contributed by atoms with E-state index in [1.807, 2.05) is 4.90 Å². The highest BCUT2D eigenvalue weighted by Crippen LogP contribution is 2.48. The van der Waals surface area contributed by atoms with Gasteiger partial charge in [0, 0.05) is 44.8 Å². The van der Waals surface area contributed by atoms with Gasteiger partial charge in [0.15, 0.2) is 0 Å². The van der Waals surface area contributed by atoms with Gasteiger partial charge in [0.05, 0.1) is 24.0 Å². The first-order valence-corrected chi connectivity index (χ1v) is 11.9. The SMILES string of the molecule is N#Cc1cnc(N2CC3CC[C@H]2CN3C(=O)NC2CC3(C2)CN(Cc2ccccc2)C3)nc1. The fourth-order valence-electron chi connectivity index (χ4n) is 6.31. The van der Waals surface area contributed by atoms with Gasteiger partial charge in [-0.3, -0.25) is 4.90 Å². The molecule has 1 N–H and O–H groups in total. The molecule has 1 aromatic carbocycles. The maximum atomic E-state index is 13.1. The van der Waals surface area contributed by atoms with Gasteiger partial charge in [-0.25, -0.2) is 14.8 Å². The molecule has 4 saturated heterocycles. The Morgan fingerprint density at radius 3 is 2.48 bits per heavy atom. The Balaban J connectivity index is 0.985. The van der Waals surface area contributed by atoms with Crippen molar-refractivity contribution in [2.24, 2.45) is 5.41 Å². The van der Waals surface area contributed by atoms with E-state index in [9.17, 15) is 4.79 Å². The number of benzene rings is 1. The highest BCUT2D eigenvalue weighted by Gasteiger charge is 2.53. The quantitative estimate of drug-likeness (QED) is 0.781. The number of aromatic nitrogens is 2. The predicted octanol–water partition coefficient (Wildman–Crippen LogP) is 2.38. The van der Waals surface area contributed by atoms with Crippen LogP contribution in [0.4, 0.5) is 10.7 Å². The fraction of sp³-hybridized carbons (Fsp3) is 0.520. The Morgan fingerprint density at radius 2 is 1.82 bits per heavy atom. The zero-order valence-electron chi connectivity index (χ0n) is 18.7. The maximum Gasteiger partial charge on any atom is 0.317 e. The zero-order chi connectivity index (χ0) is 22.4. The summed E-state index contributed by atoms with van der Waals surface area (Å²) in [6.07, 6.45) is 7.40. The van der Waals surface area contributed by atoms with Crippen LogP contribution in [-0.4, -0.2) is 70.1 Å². The van der Waals surface area contributed by atoms with Gasteiger partial charge < -0.3 is 15.1 Å². The van der Waals surface area contributed by atoms with E-state index < -0.39 is 0 Å². The zero-order valence-corrected chi connectivity index (χ0v) is 18.7. The van der Waals surface area contributed by atoms with Crippen molar-refractivity contribution in [1.29, 1.82) is 5.26 Å². The largest absolute Gasteiger partial charge is 0.335 e. The number of urea groups is 1. The number of piperidine rings is 2. The van der Waals surface area contributed by atoms with Crippen LogP contribution in [0.15, 0.2) is 42.7 Å². The number of carbonyl (C=O) groups is 1. The normalized spacial score (nSPS) is 25.9. The summed E-state index contributed by atoms with van der Waals surface area (Å²) < 4.78 is 0. The van der Waals surface area contributed by atoms with E-state index in [-0.39, 0.29) is 18.1 Å². The highest BCUT2D eigenvalue weighted by atomic mass is 16.2. The lowest BCUT2D eigenvalue weighted by Crippen LogP contribution is -2.69. The molecule has 1 unspecified atom stereocenters. The van der Waals surface area contributed by atoms with Crippen molar-refractivity contribution in [2.75, 3.05) is 31.1 Å². The lowest BCUT2D eigenvalue weighted by atomic mass is 9.60. The minimum atomic E-state index is 0.0883. The van der Waals surface area contributed by atoms with Crippen LogP contribution in [0.2, 0.25) is 0 Å². The third-order valence-corrected chi connectivity index (χ3v) is 7.87. The maximum absolute atomic E-state index is 13.1. The highest BCUT2D eigenvalue weighted by molar-refractivity contribution is 5.76. The average Bonchev–Trinajstić information content (AvgIpc) is 2.82. The van der Waals surface area contributed by atoms with E-state index >= 15 is 0 Å². The first-order chi connectivity index (χ1) is 16.1. The monoisotopic (exact) mass is 443 g/mol. The molecule has 2 bridgehead atoms. The number of rotatable bonds is 4. The first kappa shape index (κ1) is 20.4. The number of amides is 2. The third kappa shape index (κ3) is 3.80. The average molecular weight is 444 g/mol. The van der Waals surface area contributed by atoms with E-state index in [2.05, 4.69) is 61.5 Å². The van der Waals surface area contributed by atoms with Crippen molar-refractivity contribution in [3.05, 3.63) is 53.9 Å². The van der Waals surface area contributed by atoms with E-state index in [4.69, 9.17) is 5.26 Å². The number of nitrogens with zero attached hydrogens (tertiary/aromatic N) is 6. The summed E-state index contributed by atoms with van der Waals surface area (Å²) in [5.74, 6) is 0.662. The van der Waals surface area contributed by atoms with Crippen LogP contribution >= 0.6 is 0 Å². The molecule has 2 amide bonds. The summed E-state index contributed by atoms with van der Waals surface area (Å²) in [4.78, 5) is 28.5. The molecule has 1 saturated carbocycles. The summed E-state index contributed by atoms with van der Waals surface area (Å²) >= 11 is 0. The van der Waals surface area contributed by atoms with Crippen molar-refractivity contribution < 1.29 is 4.79 Å². The number of piperazine rings is 1. The number of hydrogen-bond donors (Lipinski definition) is 1. The molecule has 1 aliphatic carbocycles. The standard InChI is InChI=1S/C25H29N7O/c26-10-19-11-27-23(28-12-19)31-14-22-7-6-21(31)15-32(22)24(33)29-20-8-25(9-20)16-30(17-25)13-18-4-2-1-3-5-18/h1-5,11-12,20-22H,6-9,13-17H2,(H,29,33)/t21-,22?/m0/s1. The Bertz CT molecular complexity index is 1050. The number of hydrogen-bond acceptors (Lipinski definition) is 6. The second-order valence-corrected chi connectivity index (χ2v) is 10.3. The predicted molar refractivity (Wildman–Crippen MR) is 123 cm³/mol. The van der Waals surface area contributed by atoms with E-state index in [0.717, 1.165) is 51.9 Å². The van der Waals surface area contributed by atoms with Crippen LogP contribution in [-0.2, 0) is 6.54 Å². The topological polar surface area (TPSA) is 88.4 Å². The van der Waals surface area contributed by atoms with Crippen molar-refractivity contribution in [3.8, 4) is 6.07 Å². The molecule has 2 atom stereocenters. The Hall–Kier alpha value is -3.18. The van der Waals surface area contributed by atoms with Gasteiger partial charge in [0.1, 0.15) is 6.07 Å². The summed E-state index contributed by atoms with van der Waals surface area (Å²) in [5, 5.41) is 12.3. The van der Waals surface area contributed by atoms with Gasteiger partial charge in [-0.2, -0.15) is 5.26 Å². The molecule has 5 fully saturated rings.